The maximum absolute atomic E-state index is 14.1. The second-order valence-electron chi connectivity index (χ2n) is 4.25. The number of hydrogen-bond acceptors (Lipinski definition) is 4. The van der Waals surface area contributed by atoms with Gasteiger partial charge in [0.1, 0.15) is 11.3 Å². The lowest BCUT2D eigenvalue weighted by Gasteiger charge is -2.09. The zero-order chi connectivity index (χ0) is 15.6. The van der Waals surface area contributed by atoms with E-state index < -0.39 is 28.8 Å². The van der Waals surface area contributed by atoms with Gasteiger partial charge in [0.05, 0.1) is 7.11 Å². The molecule has 0 saturated heterocycles. The van der Waals surface area contributed by atoms with E-state index in [1.165, 1.54) is 43.5 Å². The number of rotatable bonds is 4. The summed E-state index contributed by atoms with van der Waals surface area (Å²) in [6, 6.07) is 7.77. The Balaban J connectivity index is 2.47. The van der Waals surface area contributed by atoms with Gasteiger partial charge in [0.15, 0.2) is 17.3 Å². The SMILES string of the molecule is COc1ccc(O)c(C(=O)c2ccc(C(N)=O)cc2)c1F. The molecule has 0 atom stereocenters. The summed E-state index contributed by atoms with van der Waals surface area (Å²) >= 11 is 0. The van der Waals surface area contributed by atoms with Crippen molar-refractivity contribution in [3.8, 4) is 11.5 Å². The summed E-state index contributed by atoms with van der Waals surface area (Å²) in [4.78, 5) is 23.2. The molecule has 2 aromatic rings. The van der Waals surface area contributed by atoms with E-state index in [2.05, 4.69) is 0 Å². The summed E-state index contributed by atoms with van der Waals surface area (Å²) in [5.41, 5.74) is 4.95. The molecule has 0 aliphatic heterocycles. The first-order chi connectivity index (χ1) is 9.95. The molecule has 108 valence electrons. The number of hydrogen-bond donors (Lipinski definition) is 2. The third-order valence-electron chi connectivity index (χ3n) is 2.96. The smallest absolute Gasteiger partial charge is 0.248 e. The van der Waals surface area contributed by atoms with Crippen LogP contribution in [0.15, 0.2) is 36.4 Å². The van der Waals surface area contributed by atoms with Crippen LogP contribution in [0.3, 0.4) is 0 Å². The molecule has 2 rings (SSSR count). The molecule has 0 bridgehead atoms. The minimum Gasteiger partial charge on any atom is -0.507 e. The van der Waals surface area contributed by atoms with Crippen molar-refractivity contribution < 1.29 is 23.8 Å². The maximum atomic E-state index is 14.1. The molecule has 0 radical (unpaired) electrons. The number of carbonyl (C=O) groups excluding carboxylic acids is 2. The number of amides is 1. The fourth-order valence-corrected chi connectivity index (χ4v) is 1.85. The number of ketones is 1. The van der Waals surface area contributed by atoms with E-state index in [0.29, 0.717) is 0 Å². The largest absolute Gasteiger partial charge is 0.507 e. The van der Waals surface area contributed by atoms with Crippen LogP contribution in [-0.2, 0) is 0 Å². The number of nitrogens with two attached hydrogens (primary N) is 1. The highest BCUT2D eigenvalue weighted by atomic mass is 19.1. The number of methoxy groups -OCH3 is 1. The topological polar surface area (TPSA) is 89.6 Å². The summed E-state index contributed by atoms with van der Waals surface area (Å²) in [5.74, 6) is -2.94. The van der Waals surface area contributed by atoms with E-state index in [9.17, 15) is 19.1 Å². The van der Waals surface area contributed by atoms with E-state index in [4.69, 9.17) is 10.5 Å². The predicted molar refractivity (Wildman–Crippen MR) is 73.0 cm³/mol. The number of carbonyl (C=O) groups is 2. The highest BCUT2D eigenvalue weighted by Crippen LogP contribution is 2.30. The third kappa shape index (κ3) is 2.69. The molecule has 2 aromatic carbocycles. The van der Waals surface area contributed by atoms with Crippen LogP contribution in [0, 0.1) is 5.82 Å². The van der Waals surface area contributed by atoms with Crippen LogP contribution < -0.4 is 10.5 Å². The highest BCUT2D eigenvalue weighted by Gasteiger charge is 2.22. The molecule has 3 N–H and O–H groups in total. The van der Waals surface area contributed by atoms with E-state index in [-0.39, 0.29) is 16.9 Å². The molecule has 0 heterocycles. The number of primary amides is 1. The molecule has 0 fully saturated rings. The summed E-state index contributed by atoms with van der Waals surface area (Å²) in [7, 11) is 1.26. The van der Waals surface area contributed by atoms with Crippen molar-refractivity contribution in [3.63, 3.8) is 0 Å². The van der Waals surface area contributed by atoms with Crippen molar-refractivity contribution in [2.75, 3.05) is 7.11 Å². The molecule has 0 aromatic heterocycles. The van der Waals surface area contributed by atoms with Crippen LogP contribution in [0.5, 0.6) is 11.5 Å². The minimum atomic E-state index is -0.943. The van der Waals surface area contributed by atoms with Crippen LogP contribution in [0.4, 0.5) is 4.39 Å². The van der Waals surface area contributed by atoms with Gasteiger partial charge in [0.2, 0.25) is 5.91 Å². The first kappa shape index (κ1) is 14.5. The Labute approximate surface area is 119 Å². The number of ether oxygens (including phenoxy) is 1. The number of phenolic OH excluding ortho intramolecular Hbond substituents is 1. The van der Waals surface area contributed by atoms with Crippen LogP contribution >= 0.6 is 0 Å². The van der Waals surface area contributed by atoms with Gasteiger partial charge in [-0.25, -0.2) is 4.39 Å². The monoisotopic (exact) mass is 289 g/mol. The van der Waals surface area contributed by atoms with Crippen LogP contribution in [0.1, 0.15) is 26.3 Å². The molecule has 0 spiro atoms. The van der Waals surface area contributed by atoms with Gasteiger partial charge >= 0.3 is 0 Å². The van der Waals surface area contributed by atoms with Crippen molar-refractivity contribution >= 4 is 11.7 Å². The minimum absolute atomic E-state index is 0.113. The van der Waals surface area contributed by atoms with Crippen molar-refractivity contribution in [1.82, 2.24) is 0 Å². The number of phenols is 1. The molecule has 21 heavy (non-hydrogen) atoms. The van der Waals surface area contributed by atoms with Gasteiger partial charge < -0.3 is 15.6 Å². The van der Waals surface area contributed by atoms with E-state index in [0.717, 1.165) is 0 Å². The molecule has 5 nitrogen and oxygen atoms in total. The van der Waals surface area contributed by atoms with Crippen LogP contribution in [-0.4, -0.2) is 23.9 Å². The lowest BCUT2D eigenvalue weighted by Crippen LogP contribution is -2.11. The first-order valence-corrected chi connectivity index (χ1v) is 5.95. The van der Waals surface area contributed by atoms with Gasteiger partial charge in [-0.2, -0.15) is 0 Å². The van der Waals surface area contributed by atoms with Crippen molar-refractivity contribution in [2.24, 2.45) is 5.73 Å². The Kier molecular flexibility index (Phi) is 3.89. The zero-order valence-corrected chi connectivity index (χ0v) is 11.1. The number of aromatic hydroxyl groups is 1. The van der Waals surface area contributed by atoms with Crippen LogP contribution in [0.25, 0.3) is 0 Å². The normalized spacial score (nSPS) is 10.2. The van der Waals surface area contributed by atoms with Crippen molar-refractivity contribution in [3.05, 3.63) is 58.9 Å². The Hall–Kier alpha value is -2.89. The average molecular weight is 289 g/mol. The first-order valence-electron chi connectivity index (χ1n) is 5.95. The lowest BCUT2D eigenvalue weighted by atomic mass is 10.00. The summed E-state index contributed by atoms with van der Waals surface area (Å²) < 4.78 is 18.9. The average Bonchev–Trinajstić information content (AvgIpc) is 2.47. The summed E-state index contributed by atoms with van der Waals surface area (Å²) in [5, 5.41) is 9.70. The maximum Gasteiger partial charge on any atom is 0.248 e. The Bertz CT molecular complexity index is 710. The fraction of sp³-hybridized carbons (Fsp3) is 0.0667. The lowest BCUT2D eigenvalue weighted by molar-refractivity contribution is 0.0996. The van der Waals surface area contributed by atoms with Gasteiger partial charge in [0, 0.05) is 11.1 Å². The Morgan fingerprint density at radius 1 is 1.10 bits per heavy atom. The predicted octanol–water partition coefficient (Wildman–Crippen LogP) is 1.87. The van der Waals surface area contributed by atoms with Gasteiger partial charge in [-0.15, -0.1) is 0 Å². The van der Waals surface area contributed by atoms with Crippen LogP contribution in [0.2, 0.25) is 0 Å². The Morgan fingerprint density at radius 2 is 1.67 bits per heavy atom. The fourth-order valence-electron chi connectivity index (χ4n) is 1.85. The third-order valence-corrected chi connectivity index (χ3v) is 2.96. The highest BCUT2D eigenvalue weighted by molar-refractivity contribution is 6.11. The van der Waals surface area contributed by atoms with E-state index in [1.807, 2.05) is 0 Å². The molecular weight excluding hydrogens is 277 g/mol. The second kappa shape index (κ2) is 5.62. The van der Waals surface area contributed by atoms with Crippen molar-refractivity contribution in [1.29, 1.82) is 0 Å². The number of halogens is 1. The van der Waals surface area contributed by atoms with Gasteiger partial charge in [-0.1, -0.05) is 12.1 Å². The molecule has 0 unspecified atom stereocenters. The molecular formula is C15H12FNO4. The summed E-state index contributed by atoms with van der Waals surface area (Å²) in [6.45, 7) is 0. The Morgan fingerprint density at radius 3 is 2.19 bits per heavy atom. The van der Waals surface area contributed by atoms with Gasteiger partial charge in [0.25, 0.3) is 0 Å². The van der Waals surface area contributed by atoms with Gasteiger partial charge in [-0.3, -0.25) is 9.59 Å². The molecule has 0 aliphatic rings. The summed E-state index contributed by atoms with van der Waals surface area (Å²) in [6.07, 6.45) is 0. The van der Waals surface area contributed by atoms with Gasteiger partial charge in [-0.05, 0) is 24.3 Å². The molecule has 0 aliphatic carbocycles. The number of benzene rings is 2. The van der Waals surface area contributed by atoms with E-state index >= 15 is 0 Å². The molecule has 1 amide bonds. The standard InChI is InChI=1S/C15H12FNO4/c1-21-11-7-6-10(18)12(13(11)16)14(19)8-2-4-9(5-3-8)15(17)20/h2-7,18H,1H3,(H2,17,20). The molecule has 6 heteroatoms. The van der Waals surface area contributed by atoms with Crippen molar-refractivity contribution in [2.45, 2.75) is 0 Å². The quantitative estimate of drug-likeness (QED) is 0.841. The molecule has 0 saturated carbocycles. The second-order valence-corrected chi connectivity index (χ2v) is 4.25. The zero-order valence-electron chi connectivity index (χ0n) is 11.1. The van der Waals surface area contributed by atoms with E-state index in [1.54, 1.807) is 0 Å².